The third kappa shape index (κ3) is 9.53. The summed E-state index contributed by atoms with van der Waals surface area (Å²) in [6, 6.07) is 13.0. The Labute approximate surface area is 272 Å². The fraction of sp³-hybridized carbons (Fsp3) is 0.219. The van der Waals surface area contributed by atoms with E-state index in [1.54, 1.807) is 19.1 Å². The highest BCUT2D eigenvalue weighted by Gasteiger charge is 2.41. The first-order valence-electron chi connectivity index (χ1n) is 13.8. The topological polar surface area (TPSA) is 219 Å². The molecule has 0 aliphatic rings. The first-order chi connectivity index (χ1) is 22.7. The lowest BCUT2D eigenvalue weighted by Crippen LogP contribution is -2.54. The lowest BCUT2D eigenvalue weighted by Gasteiger charge is -2.24. The van der Waals surface area contributed by atoms with Gasteiger partial charge in [-0.15, -0.1) is 0 Å². The van der Waals surface area contributed by atoms with Crippen LogP contribution < -0.4 is 29.8 Å². The second-order valence-electron chi connectivity index (χ2n) is 9.72. The van der Waals surface area contributed by atoms with Gasteiger partial charge in [0.15, 0.2) is 23.0 Å². The summed E-state index contributed by atoms with van der Waals surface area (Å²) in [7, 11) is 2.44. The van der Waals surface area contributed by atoms with Crippen LogP contribution in [0.15, 0.2) is 60.7 Å². The fourth-order valence-electron chi connectivity index (χ4n) is 3.90. The smallest absolute Gasteiger partial charge is 0.349 e. The predicted octanol–water partition coefficient (Wildman–Crippen LogP) is 2.16. The number of rotatable bonds is 12. The largest absolute Gasteiger partial charge is 0.493 e. The maximum absolute atomic E-state index is 13.3. The van der Waals surface area contributed by atoms with Crippen molar-refractivity contribution in [3.8, 4) is 23.0 Å². The summed E-state index contributed by atoms with van der Waals surface area (Å²) in [5.41, 5.74) is 4.46. The molecule has 0 spiro atoms. The van der Waals surface area contributed by atoms with Gasteiger partial charge in [0.1, 0.15) is 0 Å². The van der Waals surface area contributed by atoms with E-state index in [1.807, 2.05) is 5.43 Å². The summed E-state index contributed by atoms with van der Waals surface area (Å²) in [5.74, 6) is -8.34. The lowest BCUT2D eigenvalue weighted by atomic mass is 10.1. The van der Waals surface area contributed by atoms with Gasteiger partial charge < -0.3 is 33.5 Å². The van der Waals surface area contributed by atoms with Crippen LogP contribution in [0.25, 0.3) is 0 Å². The molecular weight excluding hydrogens is 636 g/mol. The first kappa shape index (κ1) is 36.0. The predicted molar refractivity (Wildman–Crippen MR) is 161 cm³/mol. The van der Waals surface area contributed by atoms with E-state index < -0.39 is 53.9 Å². The maximum Gasteiger partial charge on any atom is 0.349 e. The summed E-state index contributed by atoms with van der Waals surface area (Å²) in [6.45, 7) is 4.07. The number of benzene rings is 3. The number of aryl methyl sites for hydroxylation is 1. The monoisotopic (exact) mass is 666 g/mol. The third-order valence-corrected chi connectivity index (χ3v) is 6.16. The molecule has 2 atom stereocenters. The zero-order chi connectivity index (χ0) is 35.5. The number of hydrogen-bond acceptors (Lipinski definition) is 13. The van der Waals surface area contributed by atoms with Crippen molar-refractivity contribution in [2.24, 2.45) is 0 Å². The quantitative estimate of drug-likeness (QED) is 0.143. The number of hydrogen-bond donors (Lipinski definition) is 3. The highest BCUT2D eigenvalue weighted by molar-refractivity contribution is 5.99. The molecule has 0 bridgehead atoms. The molecule has 3 aromatic rings. The minimum atomic E-state index is -2.47. The van der Waals surface area contributed by atoms with Crippen LogP contribution >= 0.6 is 0 Å². The van der Waals surface area contributed by atoms with Gasteiger partial charge in [-0.25, -0.2) is 14.4 Å². The number of ether oxygens (including phenoxy) is 6. The standard InChI is InChI=1S/C32H30N2O14/c1-16-6-8-19(9-7-16)28(37)33-34-29(38)26(47-31(41)20-10-12-22(45-17(2)35)24(14-20)43-4)27(30(39)40)48-32(42)21-11-13-23(46-18(3)36)25(15-21)44-5/h6-15,26-27H,1-5H3,(H,33,37)(H,34,38)(H,39,40)/t26-,27+/m0/s1. The zero-order valence-corrected chi connectivity index (χ0v) is 26.2. The van der Waals surface area contributed by atoms with Gasteiger partial charge in [-0.1, -0.05) is 17.7 Å². The van der Waals surface area contributed by atoms with Crippen LogP contribution in [0.4, 0.5) is 0 Å². The van der Waals surface area contributed by atoms with Crippen LogP contribution in [0, 0.1) is 6.92 Å². The molecule has 0 aliphatic heterocycles. The van der Waals surface area contributed by atoms with Gasteiger partial charge in [-0.2, -0.15) is 0 Å². The minimum absolute atomic E-state index is 0.0536. The van der Waals surface area contributed by atoms with Crippen molar-refractivity contribution in [2.75, 3.05) is 14.2 Å². The minimum Gasteiger partial charge on any atom is -0.493 e. The Morgan fingerprint density at radius 1 is 0.604 bits per heavy atom. The van der Waals surface area contributed by atoms with E-state index >= 15 is 0 Å². The normalized spacial score (nSPS) is 11.5. The van der Waals surface area contributed by atoms with Gasteiger partial charge >= 0.3 is 29.8 Å². The molecule has 252 valence electrons. The fourth-order valence-corrected chi connectivity index (χ4v) is 3.90. The highest BCUT2D eigenvalue weighted by Crippen LogP contribution is 2.30. The molecule has 3 aromatic carbocycles. The second-order valence-corrected chi connectivity index (χ2v) is 9.72. The SMILES string of the molecule is COc1cc(C(=O)O[C@H](C(=O)NNC(=O)c2ccc(C)cc2)[C@@H](OC(=O)c2ccc(OC(C)=O)c(OC)c2)C(=O)O)ccc1OC(C)=O. The molecule has 0 fully saturated rings. The summed E-state index contributed by atoms with van der Waals surface area (Å²) < 4.78 is 30.6. The highest BCUT2D eigenvalue weighted by atomic mass is 16.6. The average Bonchev–Trinajstić information content (AvgIpc) is 3.04. The Morgan fingerprint density at radius 2 is 1.04 bits per heavy atom. The zero-order valence-electron chi connectivity index (χ0n) is 26.2. The second kappa shape index (κ2) is 16.2. The number of esters is 4. The Kier molecular flexibility index (Phi) is 12.2. The first-order valence-corrected chi connectivity index (χ1v) is 13.8. The average molecular weight is 667 g/mol. The molecule has 0 aromatic heterocycles. The molecule has 3 rings (SSSR count). The van der Waals surface area contributed by atoms with Crippen molar-refractivity contribution in [1.82, 2.24) is 10.9 Å². The van der Waals surface area contributed by atoms with Gasteiger partial charge in [0, 0.05) is 19.4 Å². The van der Waals surface area contributed by atoms with Crippen molar-refractivity contribution in [3.05, 3.63) is 82.9 Å². The molecule has 0 saturated heterocycles. The number of carbonyl (C=O) groups is 7. The van der Waals surface area contributed by atoms with Gasteiger partial charge in [0.2, 0.25) is 12.2 Å². The number of carboxylic acids is 1. The Morgan fingerprint density at radius 3 is 1.46 bits per heavy atom. The summed E-state index contributed by atoms with van der Waals surface area (Å²) in [4.78, 5) is 87.3. The lowest BCUT2D eigenvalue weighted by molar-refractivity contribution is -0.159. The van der Waals surface area contributed by atoms with Gasteiger partial charge in [-0.05, 0) is 55.5 Å². The van der Waals surface area contributed by atoms with E-state index in [9.17, 15) is 38.7 Å². The Balaban J connectivity index is 1.94. The number of nitrogens with one attached hydrogen (secondary N) is 2. The van der Waals surface area contributed by atoms with Crippen LogP contribution in [0.3, 0.4) is 0 Å². The van der Waals surface area contributed by atoms with E-state index in [-0.39, 0.29) is 39.7 Å². The van der Waals surface area contributed by atoms with Crippen LogP contribution in [-0.2, 0) is 28.7 Å². The molecule has 0 aliphatic carbocycles. The maximum atomic E-state index is 13.3. The number of carboxylic acid groups (broad SMARTS) is 1. The van der Waals surface area contributed by atoms with E-state index in [0.717, 1.165) is 43.7 Å². The summed E-state index contributed by atoms with van der Waals surface area (Å²) >= 11 is 0. The van der Waals surface area contributed by atoms with Gasteiger partial charge in [0.25, 0.3) is 11.8 Å². The molecule has 2 amide bonds. The molecule has 0 saturated carbocycles. The molecule has 48 heavy (non-hydrogen) atoms. The van der Waals surface area contributed by atoms with Crippen LogP contribution in [0.5, 0.6) is 23.0 Å². The van der Waals surface area contributed by atoms with Crippen molar-refractivity contribution in [2.45, 2.75) is 33.0 Å². The van der Waals surface area contributed by atoms with E-state index in [1.165, 1.54) is 38.5 Å². The molecule has 0 radical (unpaired) electrons. The number of aliphatic carboxylic acids is 1. The number of carbonyl (C=O) groups excluding carboxylic acids is 6. The third-order valence-electron chi connectivity index (χ3n) is 6.16. The molecule has 0 heterocycles. The van der Waals surface area contributed by atoms with Crippen molar-refractivity contribution < 1.29 is 67.1 Å². The van der Waals surface area contributed by atoms with Crippen LogP contribution in [-0.4, -0.2) is 73.2 Å². The van der Waals surface area contributed by atoms with Crippen molar-refractivity contribution in [1.29, 1.82) is 0 Å². The number of amides is 2. The van der Waals surface area contributed by atoms with E-state index in [4.69, 9.17) is 28.4 Å². The van der Waals surface area contributed by atoms with Gasteiger partial charge in [0.05, 0.1) is 25.3 Å². The Bertz CT molecular complexity index is 1730. The van der Waals surface area contributed by atoms with Crippen LogP contribution in [0.2, 0.25) is 0 Å². The van der Waals surface area contributed by atoms with Crippen molar-refractivity contribution >= 4 is 41.7 Å². The Hall–Kier alpha value is -6.45. The van der Waals surface area contributed by atoms with Crippen molar-refractivity contribution in [3.63, 3.8) is 0 Å². The summed E-state index contributed by atoms with van der Waals surface area (Å²) in [6.07, 6.45) is -4.86. The molecule has 16 heteroatoms. The molecule has 3 N–H and O–H groups in total. The van der Waals surface area contributed by atoms with Crippen LogP contribution in [0.1, 0.15) is 50.5 Å². The van der Waals surface area contributed by atoms with Gasteiger partial charge in [-0.3, -0.25) is 30.0 Å². The number of hydrazine groups is 1. The molecular formula is C32H30N2O14. The van der Waals surface area contributed by atoms with E-state index in [2.05, 4.69) is 5.43 Å². The summed E-state index contributed by atoms with van der Waals surface area (Å²) in [5, 5.41) is 10.0. The molecule has 0 unspecified atom stereocenters. The number of methoxy groups -OCH3 is 2. The van der Waals surface area contributed by atoms with E-state index in [0.29, 0.717) is 0 Å². The molecule has 16 nitrogen and oxygen atoms in total.